The maximum Gasteiger partial charge on any atom is 0.321 e. The monoisotopic (exact) mass is 370 g/mol. The molecule has 2 amide bonds. The number of aromatic nitrogens is 1. The van der Waals surface area contributed by atoms with Crippen LogP contribution in [0.1, 0.15) is 12.8 Å². The van der Waals surface area contributed by atoms with Gasteiger partial charge in [0, 0.05) is 26.3 Å². The van der Waals surface area contributed by atoms with Crippen molar-refractivity contribution in [1.29, 1.82) is 0 Å². The zero-order valence-corrected chi connectivity index (χ0v) is 15.9. The normalized spacial score (nSPS) is 13.3. The third kappa shape index (κ3) is 4.81. The molecule has 144 valence electrons. The predicted octanol–water partition coefficient (Wildman–Crippen LogP) is 3.23. The first-order valence-electron chi connectivity index (χ1n) is 9.17. The highest BCUT2D eigenvalue weighted by atomic mass is 16.5. The summed E-state index contributed by atoms with van der Waals surface area (Å²) >= 11 is 0. The Labute approximate surface area is 159 Å². The van der Waals surface area contributed by atoms with Crippen molar-refractivity contribution < 1.29 is 14.3 Å². The first-order valence-corrected chi connectivity index (χ1v) is 9.17. The molecule has 0 radical (unpaired) electrons. The average molecular weight is 370 g/mol. The molecule has 1 aromatic heterocycles. The second-order valence-electron chi connectivity index (χ2n) is 6.42. The Morgan fingerprint density at radius 3 is 2.67 bits per heavy atom. The average Bonchev–Trinajstić information content (AvgIpc) is 3.23. The third-order valence-corrected chi connectivity index (χ3v) is 4.53. The molecule has 2 heterocycles. The highest BCUT2D eigenvalue weighted by Crippen LogP contribution is 2.27. The molecule has 0 unspecified atom stereocenters. The fourth-order valence-corrected chi connectivity index (χ4v) is 3.02. The Balaban J connectivity index is 1.54. The molecule has 1 fully saturated rings. The highest BCUT2D eigenvalue weighted by Gasteiger charge is 2.19. The summed E-state index contributed by atoms with van der Waals surface area (Å²) in [6.45, 7) is 2.77. The van der Waals surface area contributed by atoms with Crippen molar-refractivity contribution in [3.05, 3.63) is 42.6 Å². The number of carbonyl (C=O) groups is 1. The number of benzene rings is 1. The van der Waals surface area contributed by atoms with E-state index >= 15 is 0 Å². The molecule has 0 bridgehead atoms. The molecular weight excluding hydrogens is 344 g/mol. The molecule has 1 aromatic carbocycles. The Morgan fingerprint density at radius 2 is 1.93 bits per heavy atom. The van der Waals surface area contributed by atoms with Crippen LogP contribution in [0.3, 0.4) is 0 Å². The number of para-hydroxylation sites is 2. The summed E-state index contributed by atoms with van der Waals surface area (Å²) in [5.74, 6) is 2.18. The minimum absolute atomic E-state index is 0.188. The minimum atomic E-state index is -0.188. The van der Waals surface area contributed by atoms with Gasteiger partial charge in [0.1, 0.15) is 6.61 Å². The number of nitrogens with zero attached hydrogens (tertiary/aromatic N) is 3. The van der Waals surface area contributed by atoms with Gasteiger partial charge in [-0.05, 0) is 37.1 Å². The summed E-state index contributed by atoms with van der Waals surface area (Å²) in [7, 11) is 3.35. The van der Waals surface area contributed by atoms with E-state index in [1.165, 1.54) is 0 Å². The van der Waals surface area contributed by atoms with E-state index in [1.54, 1.807) is 25.3 Å². The van der Waals surface area contributed by atoms with Crippen molar-refractivity contribution >= 4 is 17.5 Å². The van der Waals surface area contributed by atoms with Crippen LogP contribution in [0.25, 0.3) is 0 Å². The summed E-state index contributed by atoms with van der Waals surface area (Å²) in [4.78, 5) is 20.8. The molecule has 7 heteroatoms. The standard InChI is InChI=1S/C20H26N4O3/c1-23(14-15-27-18-10-4-3-9-17(18)26-2)20(25)22-16-8-7-11-21-19(16)24-12-5-6-13-24/h3-4,7-11H,5-6,12-15H2,1-2H3,(H,22,25). The molecule has 3 rings (SSSR count). The number of hydrogen-bond acceptors (Lipinski definition) is 5. The molecule has 1 N–H and O–H groups in total. The number of rotatable bonds is 7. The van der Waals surface area contributed by atoms with Gasteiger partial charge in [-0.2, -0.15) is 0 Å². The number of carbonyl (C=O) groups excluding carboxylic acids is 1. The van der Waals surface area contributed by atoms with Crippen molar-refractivity contribution in [3.63, 3.8) is 0 Å². The largest absolute Gasteiger partial charge is 0.493 e. The van der Waals surface area contributed by atoms with E-state index in [0.29, 0.717) is 24.7 Å². The Morgan fingerprint density at radius 1 is 1.19 bits per heavy atom. The van der Waals surface area contributed by atoms with E-state index in [4.69, 9.17) is 9.47 Å². The number of hydrogen-bond donors (Lipinski definition) is 1. The maximum absolute atomic E-state index is 12.5. The molecule has 1 aliphatic rings. The Kier molecular flexibility index (Phi) is 6.35. The van der Waals surface area contributed by atoms with Gasteiger partial charge in [-0.15, -0.1) is 0 Å². The lowest BCUT2D eigenvalue weighted by Gasteiger charge is -2.22. The summed E-state index contributed by atoms with van der Waals surface area (Å²) in [5, 5.41) is 2.96. The number of likely N-dealkylation sites (N-methyl/N-ethyl adjacent to an activating group) is 1. The molecule has 1 saturated heterocycles. The first kappa shape index (κ1) is 18.8. The molecule has 27 heavy (non-hydrogen) atoms. The van der Waals surface area contributed by atoms with Gasteiger partial charge in [0.2, 0.25) is 0 Å². The van der Waals surface area contributed by atoms with Crippen molar-refractivity contribution in [3.8, 4) is 11.5 Å². The van der Waals surface area contributed by atoms with Crippen LogP contribution in [0.4, 0.5) is 16.3 Å². The number of methoxy groups -OCH3 is 1. The predicted molar refractivity (Wildman–Crippen MR) is 106 cm³/mol. The molecule has 1 aliphatic heterocycles. The van der Waals surface area contributed by atoms with Gasteiger partial charge in [-0.1, -0.05) is 12.1 Å². The van der Waals surface area contributed by atoms with E-state index in [0.717, 1.165) is 37.4 Å². The maximum atomic E-state index is 12.5. The second kappa shape index (κ2) is 9.12. The van der Waals surface area contributed by atoms with E-state index in [2.05, 4.69) is 15.2 Å². The molecule has 0 spiro atoms. The zero-order chi connectivity index (χ0) is 19.1. The molecule has 0 saturated carbocycles. The summed E-state index contributed by atoms with van der Waals surface area (Å²) in [5.41, 5.74) is 0.738. The fraction of sp³-hybridized carbons (Fsp3) is 0.400. The number of ether oxygens (including phenoxy) is 2. The van der Waals surface area contributed by atoms with Crippen molar-refractivity contribution in [1.82, 2.24) is 9.88 Å². The number of pyridine rings is 1. The summed E-state index contributed by atoms with van der Waals surface area (Å²) < 4.78 is 11.0. The van der Waals surface area contributed by atoms with Crippen molar-refractivity contribution in [2.75, 3.05) is 50.6 Å². The van der Waals surface area contributed by atoms with Gasteiger partial charge in [0.25, 0.3) is 0 Å². The Bertz CT molecular complexity index is 762. The lowest BCUT2D eigenvalue weighted by Crippen LogP contribution is -2.35. The van der Waals surface area contributed by atoms with E-state index < -0.39 is 0 Å². The van der Waals surface area contributed by atoms with Crippen LogP contribution in [-0.4, -0.2) is 56.3 Å². The minimum Gasteiger partial charge on any atom is -0.493 e. The van der Waals surface area contributed by atoms with Crippen molar-refractivity contribution in [2.24, 2.45) is 0 Å². The first-order chi connectivity index (χ1) is 13.2. The van der Waals surface area contributed by atoms with Crippen LogP contribution in [0.15, 0.2) is 42.6 Å². The SMILES string of the molecule is COc1ccccc1OCCN(C)C(=O)Nc1cccnc1N1CCCC1. The van der Waals surface area contributed by atoms with Gasteiger partial charge in [0.15, 0.2) is 17.3 Å². The van der Waals surface area contributed by atoms with Crippen LogP contribution < -0.4 is 19.7 Å². The lowest BCUT2D eigenvalue weighted by molar-refractivity contribution is 0.206. The van der Waals surface area contributed by atoms with Crippen LogP contribution in [0.2, 0.25) is 0 Å². The molecule has 7 nitrogen and oxygen atoms in total. The summed E-state index contributed by atoms with van der Waals surface area (Å²) in [6, 6.07) is 11.0. The lowest BCUT2D eigenvalue weighted by atomic mass is 10.3. The molecule has 2 aromatic rings. The van der Waals surface area contributed by atoms with Crippen LogP contribution in [0.5, 0.6) is 11.5 Å². The molecular formula is C20H26N4O3. The van der Waals surface area contributed by atoms with Crippen LogP contribution in [-0.2, 0) is 0 Å². The quantitative estimate of drug-likeness (QED) is 0.810. The van der Waals surface area contributed by atoms with Crippen LogP contribution in [0, 0.1) is 0 Å². The molecule has 0 atom stereocenters. The van der Waals surface area contributed by atoms with Gasteiger partial charge < -0.3 is 24.6 Å². The van der Waals surface area contributed by atoms with E-state index in [1.807, 2.05) is 36.4 Å². The zero-order valence-electron chi connectivity index (χ0n) is 15.9. The highest BCUT2D eigenvalue weighted by molar-refractivity contribution is 5.92. The van der Waals surface area contributed by atoms with E-state index in [-0.39, 0.29) is 6.03 Å². The third-order valence-electron chi connectivity index (χ3n) is 4.53. The van der Waals surface area contributed by atoms with E-state index in [9.17, 15) is 4.79 Å². The fourth-order valence-electron chi connectivity index (χ4n) is 3.02. The second-order valence-corrected chi connectivity index (χ2v) is 6.42. The van der Waals surface area contributed by atoms with Crippen molar-refractivity contribution in [2.45, 2.75) is 12.8 Å². The summed E-state index contributed by atoms with van der Waals surface area (Å²) in [6.07, 6.45) is 4.07. The number of anilines is 2. The van der Waals surface area contributed by atoms with Gasteiger partial charge in [-0.3, -0.25) is 0 Å². The number of urea groups is 1. The van der Waals surface area contributed by atoms with Crippen LogP contribution >= 0.6 is 0 Å². The Hall–Kier alpha value is -2.96. The number of nitrogens with one attached hydrogen (secondary N) is 1. The smallest absolute Gasteiger partial charge is 0.321 e. The number of amides is 2. The topological polar surface area (TPSA) is 66.9 Å². The van der Waals surface area contributed by atoms with Gasteiger partial charge in [-0.25, -0.2) is 9.78 Å². The van der Waals surface area contributed by atoms with Gasteiger partial charge >= 0.3 is 6.03 Å². The molecule has 0 aliphatic carbocycles. The van der Waals surface area contributed by atoms with Gasteiger partial charge in [0.05, 0.1) is 19.3 Å².